The minimum atomic E-state index is -1.29. The van der Waals surface area contributed by atoms with E-state index in [0.29, 0.717) is 17.0 Å². The molecule has 0 radical (unpaired) electrons. The van der Waals surface area contributed by atoms with Crippen molar-refractivity contribution < 1.29 is 24.6 Å². The van der Waals surface area contributed by atoms with Crippen molar-refractivity contribution in [3.05, 3.63) is 12.7 Å². The second-order valence-electron chi connectivity index (χ2n) is 4.57. The summed E-state index contributed by atoms with van der Waals surface area (Å²) in [6, 6.07) is -1.27. The maximum atomic E-state index is 11.8. The Morgan fingerprint density at radius 2 is 2.00 bits per heavy atom. The summed E-state index contributed by atoms with van der Waals surface area (Å²) in [6.07, 6.45) is 2.15. The highest BCUT2D eigenvalue weighted by molar-refractivity contribution is 5.88. The summed E-state index contributed by atoms with van der Waals surface area (Å²) in [4.78, 5) is 47.9. The van der Waals surface area contributed by atoms with Gasteiger partial charge in [0.15, 0.2) is 11.5 Å². The number of carbonyl (C=O) groups excluding carboxylic acids is 1. The number of rotatable bonds is 8. The third-order valence-electron chi connectivity index (χ3n) is 2.92. The van der Waals surface area contributed by atoms with Crippen LogP contribution in [0.15, 0.2) is 12.7 Å². The van der Waals surface area contributed by atoms with E-state index in [4.69, 9.17) is 10.2 Å². The van der Waals surface area contributed by atoms with E-state index in [0.717, 1.165) is 0 Å². The normalized spacial score (nSPS) is 11.8. The molecular weight excluding hydrogens is 308 g/mol. The van der Waals surface area contributed by atoms with Gasteiger partial charge in [0.25, 0.3) is 0 Å². The summed E-state index contributed by atoms with van der Waals surface area (Å²) in [6.45, 7) is -0.234. The standard InChI is InChI=1S/C12H14N6O5/c19-7(18-6(12(22)23)1-2-8(20)21)3-13-10-9-11(15-4-14-9)17-5-16-10/h4-6H,1-3H2,(H,18,19)(H,20,21)(H,22,23)(H2,13,14,15,16,17)/t6-/m0/s1. The molecule has 0 aliphatic carbocycles. The molecule has 0 bridgehead atoms. The Labute approximate surface area is 129 Å². The van der Waals surface area contributed by atoms with E-state index in [1.807, 2.05) is 0 Å². The lowest BCUT2D eigenvalue weighted by atomic mass is 10.1. The molecule has 0 spiro atoms. The van der Waals surface area contributed by atoms with E-state index in [2.05, 4.69) is 30.6 Å². The molecule has 23 heavy (non-hydrogen) atoms. The number of imidazole rings is 1. The lowest BCUT2D eigenvalue weighted by Gasteiger charge is -2.14. The molecule has 2 aromatic heterocycles. The summed E-state index contributed by atoms with van der Waals surface area (Å²) < 4.78 is 0. The Morgan fingerprint density at radius 3 is 2.70 bits per heavy atom. The molecule has 5 N–H and O–H groups in total. The minimum Gasteiger partial charge on any atom is -0.481 e. The van der Waals surface area contributed by atoms with E-state index in [1.54, 1.807) is 0 Å². The topological polar surface area (TPSA) is 170 Å². The molecule has 0 unspecified atom stereocenters. The SMILES string of the molecule is O=C(O)CC[C@H](NC(=O)CNc1ncnc2nc[nH]c12)C(=O)O. The van der Waals surface area contributed by atoms with Gasteiger partial charge in [0.2, 0.25) is 5.91 Å². The first-order valence-corrected chi connectivity index (χ1v) is 6.59. The molecule has 2 aromatic rings. The van der Waals surface area contributed by atoms with Gasteiger partial charge >= 0.3 is 11.9 Å². The van der Waals surface area contributed by atoms with E-state index >= 15 is 0 Å². The van der Waals surface area contributed by atoms with Gasteiger partial charge in [0, 0.05) is 6.42 Å². The number of carboxylic acids is 2. The monoisotopic (exact) mass is 322 g/mol. The summed E-state index contributed by atoms with van der Waals surface area (Å²) in [5.41, 5.74) is 0.939. The fourth-order valence-corrected chi connectivity index (χ4v) is 1.83. The number of aromatic amines is 1. The van der Waals surface area contributed by atoms with Crippen LogP contribution in [-0.2, 0) is 14.4 Å². The zero-order valence-corrected chi connectivity index (χ0v) is 11.8. The summed E-state index contributed by atoms with van der Waals surface area (Å²) in [7, 11) is 0. The highest BCUT2D eigenvalue weighted by atomic mass is 16.4. The molecule has 0 aliphatic heterocycles. The van der Waals surface area contributed by atoms with E-state index in [-0.39, 0.29) is 19.4 Å². The van der Waals surface area contributed by atoms with Crippen molar-refractivity contribution in [2.75, 3.05) is 11.9 Å². The number of carboxylic acid groups (broad SMARTS) is 2. The summed E-state index contributed by atoms with van der Waals surface area (Å²) in [5, 5.41) is 22.5. The molecule has 1 atom stereocenters. The zero-order valence-electron chi connectivity index (χ0n) is 11.8. The molecule has 11 nitrogen and oxygen atoms in total. The summed E-state index contributed by atoms with van der Waals surface area (Å²) >= 11 is 0. The van der Waals surface area contributed by atoms with Gasteiger partial charge in [-0.2, -0.15) is 0 Å². The van der Waals surface area contributed by atoms with Gasteiger partial charge in [-0.3, -0.25) is 9.59 Å². The van der Waals surface area contributed by atoms with Gasteiger partial charge in [-0.1, -0.05) is 0 Å². The maximum absolute atomic E-state index is 11.8. The highest BCUT2D eigenvalue weighted by Gasteiger charge is 2.20. The fraction of sp³-hybridized carbons (Fsp3) is 0.333. The first-order chi connectivity index (χ1) is 11.0. The van der Waals surface area contributed by atoms with Gasteiger partial charge in [-0.25, -0.2) is 19.7 Å². The van der Waals surface area contributed by atoms with Crippen molar-refractivity contribution >= 4 is 34.8 Å². The van der Waals surface area contributed by atoms with Gasteiger partial charge in [0.05, 0.1) is 12.9 Å². The number of hydrogen-bond donors (Lipinski definition) is 5. The van der Waals surface area contributed by atoms with Crippen LogP contribution < -0.4 is 10.6 Å². The van der Waals surface area contributed by atoms with Crippen molar-refractivity contribution in [1.29, 1.82) is 0 Å². The van der Waals surface area contributed by atoms with Crippen LogP contribution in [0, 0.1) is 0 Å². The number of hydrogen-bond acceptors (Lipinski definition) is 7. The van der Waals surface area contributed by atoms with Crippen molar-refractivity contribution in [2.24, 2.45) is 0 Å². The zero-order chi connectivity index (χ0) is 16.8. The van der Waals surface area contributed by atoms with Crippen LogP contribution in [0.5, 0.6) is 0 Å². The van der Waals surface area contributed by atoms with Crippen molar-refractivity contribution in [3.63, 3.8) is 0 Å². The van der Waals surface area contributed by atoms with Crippen LogP contribution in [0.25, 0.3) is 11.2 Å². The van der Waals surface area contributed by atoms with Gasteiger partial charge in [-0.15, -0.1) is 0 Å². The molecule has 1 amide bonds. The van der Waals surface area contributed by atoms with Crippen molar-refractivity contribution in [1.82, 2.24) is 25.3 Å². The molecule has 122 valence electrons. The smallest absolute Gasteiger partial charge is 0.326 e. The van der Waals surface area contributed by atoms with Crippen molar-refractivity contribution in [2.45, 2.75) is 18.9 Å². The van der Waals surface area contributed by atoms with Crippen LogP contribution in [0.3, 0.4) is 0 Å². The van der Waals surface area contributed by atoms with E-state index in [9.17, 15) is 14.4 Å². The molecule has 2 rings (SSSR count). The molecule has 0 fully saturated rings. The van der Waals surface area contributed by atoms with E-state index < -0.39 is 23.9 Å². The number of fused-ring (bicyclic) bond motifs is 1. The number of aromatic nitrogens is 4. The quantitative estimate of drug-likeness (QED) is 0.417. The number of anilines is 1. The molecule has 0 aliphatic rings. The first kappa shape index (κ1) is 16.1. The average molecular weight is 322 g/mol. The lowest BCUT2D eigenvalue weighted by molar-refractivity contribution is -0.142. The Morgan fingerprint density at radius 1 is 1.22 bits per heavy atom. The van der Waals surface area contributed by atoms with Crippen LogP contribution >= 0.6 is 0 Å². The average Bonchev–Trinajstić information content (AvgIpc) is 2.97. The first-order valence-electron chi connectivity index (χ1n) is 6.59. The number of aliphatic carboxylic acids is 2. The molecule has 2 heterocycles. The fourth-order valence-electron chi connectivity index (χ4n) is 1.83. The van der Waals surface area contributed by atoms with Crippen LogP contribution in [0.2, 0.25) is 0 Å². The van der Waals surface area contributed by atoms with Crippen LogP contribution in [0.4, 0.5) is 5.82 Å². The Balaban J connectivity index is 1.92. The molecule has 0 saturated heterocycles. The lowest BCUT2D eigenvalue weighted by Crippen LogP contribution is -2.43. The summed E-state index contributed by atoms with van der Waals surface area (Å²) in [5.74, 6) is -2.68. The number of H-pyrrole nitrogens is 1. The Hall–Kier alpha value is -3.24. The molecule has 11 heteroatoms. The van der Waals surface area contributed by atoms with Gasteiger partial charge < -0.3 is 25.8 Å². The predicted molar refractivity (Wildman–Crippen MR) is 76.6 cm³/mol. The van der Waals surface area contributed by atoms with Gasteiger partial charge in [0.1, 0.15) is 17.9 Å². The third kappa shape index (κ3) is 4.36. The number of nitrogens with one attached hydrogen (secondary N) is 3. The molecular formula is C12H14N6O5. The minimum absolute atomic E-state index is 0.200. The Bertz CT molecular complexity index is 730. The van der Waals surface area contributed by atoms with Crippen LogP contribution in [-0.4, -0.2) is 60.6 Å². The number of nitrogens with zero attached hydrogens (tertiary/aromatic N) is 3. The number of amides is 1. The van der Waals surface area contributed by atoms with Crippen LogP contribution in [0.1, 0.15) is 12.8 Å². The highest BCUT2D eigenvalue weighted by Crippen LogP contribution is 2.13. The predicted octanol–water partition coefficient (Wildman–Crippen LogP) is -0.801. The molecule has 0 saturated carbocycles. The van der Waals surface area contributed by atoms with E-state index in [1.165, 1.54) is 12.7 Å². The third-order valence-corrected chi connectivity index (χ3v) is 2.92. The molecule has 0 aromatic carbocycles. The maximum Gasteiger partial charge on any atom is 0.326 e. The second kappa shape index (κ2) is 7.15. The van der Waals surface area contributed by atoms with Crippen molar-refractivity contribution in [3.8, 4) is 0 Å². The second-order valence-corrected chi connectivity index (χ2v) is 4.57. The Kier molecular flexibility index (Phi) is 5.02. The number of carbonyl (C=O) groups is 3. The van der Waals surface area contributed by atoms with Gasteiger partial charge in [-0.05, 0) is 6.42 Å². The largest absolute Gasteiger partial charge is 0.481 e.